The Bertz CT molecular complexity index is 1500. The predicted octanol–water partition coefficient (Wildman–Crippen LogP) is 0.281. The molecule has 6 rings (SSSR count). The fourth-order valence-corrected chi connectivity index (χ4v) is 5.11. The number of likely N-dealkylation sites (tertiary alicyclic amines) is 1. The van der Waals surface area contributed by atoms with Gasteiger partial charge in [0.05, 0.1) is 24.5 Å². The smallest absolute Gasteiger partial charge is 0.347 e. The van der Waals surface area contributed by atoms with Gasteiger partial charge in [0.15, 0.2) is 11.3 Å². The van der Waals surface area contributed by atoms with E-state index in [9.17, 15) is 14.4 Å². The Morgan fingerprint density at radius 3 is 3.03 bits per heavy atom. The Kier molecular flexibility index (Phi) is 5.10. The second-order valence-electron chi connectivity index (χ2n) is 9.15. The van der Waals surface area contributed by atoms with Crippen LogP contribution in [0.25, 0.3) is 11.3 Å². The fraction of sp³-hybridized carbons (Fsp3) is 0.391. The molecule has 4 aromatic rings. The number of ether oxygens (including phenoxy) is 1. The molecule has 0 unspecified atom stereocenters. The van der Waals surface area contributed by atoms with E-state index < -0.39 is 0 Å². The molecule has 0 aromatic carbocycles. The van der Waals surface area contributed by atoms with Crippen LogP contribution in [0.2, 0.25) is 0 Å². The van der Waals surface area contributed by atoms with E-state index in [1.165, 1.54) is 10.6 Å². The molecule has 2 fully saturated rings. The van der Waals surface area contributed by atoms with E-state index in [1.54, 1.807) is 33.9 Å². The normalized spacial score (nSPS) is 22.0. The van der Waals surface area contributed by atoms with Crippen molar-refractivity contribution >= 4 is 23.1 Å². The molecular formula is C23H24N8O4. The molecule has 0 bridgehead atoms. The molecule has 4 aromatic heterocycles. The molecular weight excluding hydrogens is 452 g/mol. The largest absolute Gasteiger partial charge is 0.376 e. The van der Waals surface area contributed by atoms with Gasteiger partial charge in [-0.1, -0.05) is 0 Å². The quantitative estimate of drug-likeness (QED) is 0.431. The highest BCUT2D eigenvalue weighted by atomic mass is 16.5. The Morgan fingerprint density at radius 2 is 2.14 bits per heavy atom. The van der Waals surface area contributed by atoms with Crippen LogP contribution in [0.15, 0.2) is 41.7 Å². The van der Waals surface area contributed by atoms with Crippen molar-refractivity contribution in [1.29, 1.82) is 0 Å². The number of carbonyl (C=O) groups excluding carboxylic acids is 2. The molecule has 0 radical (unpaired) electrons. The minimum absolute atomic E-state index is 0.0961. The van der Waals surface area contributed by atoms with Crippen molar-refractivity contribution in [2.45, 2.75) is 19.4 Å². The SMILES string of the molecule is Cc1cnc2c(C(=O)NC[C@H]3OC[C@@H]4CCN(C(=O)c5cccn6c(=O)[nH]nc56)C[C@H]43)cnn2c1. The zero-order valence-corrected chi connectivity index (χ0v) is 19.0. The number of H-pyrrole nitrogens is 1. The zero-order chi connectivity index (χ0) is 24.1. The topological polar surface area (TPSA) is 139 Å². The van der Waals surface area contributed by atoms with E-state index in [4.69, 9.17) is 4.74 Å². The molecule has 0 saturated carbocycles. The Morgan fingerprint density at radius 1 is 1.26 bits per heavy atom. The van der Waals surface area contributed by atoms with Crippen LogP contribution in [0.5, 0.6) is 0 Å². The summed E-state index contributed by atoms with van der Waals surface area (Å²) in [6.45, 7) is 3.96. The molecule has 2 aliphatic rings. The van der Waals surface area contributed by atoms with Crippen molar-refractivity contribution in [3.63, 3.8) is 0 Å². The van der Waals surface area contributed by atoms with Gasteiger partial charge in [-0.3, -0.25) is 9.59 Å². The van der Waals surface area contributed by atoms with E-state index in [1.807, 2.05) is 13.1 Å². The van der Waals surface area contributed by atoms with Crippen LogP contribution in [-0.4, -0.2) is 78.3 Å². The minimum atomic E-state index is -0.384. The van der Waals surface area contributed by atoms with Crippen LogP contribution in [0.3, 0.4) is 0 Å². The number of aromatic amines is 1. The van der Waals surface area contributed by atoms with Crippen LogP contribution in [0.1, 0.15) is 32.7 Å². The second-order valence-corrected chi connectivity index (χ2v) is 9.15. The maximum absolute atomic E-state index is 13.3. The van der Waals surface area contributed by atoms with Crippen molar-refractivity contribution < 1.29 is 14.3 Å². The van der Waals surface area contributed by atoms with Gasteiger partial charge in [0.1, 0.15) is 5.56 Å². The van der Waals surface area contributed by atoms with Crippen molar-refractivity contribution in [3.8, 4) is 0 Å². The minimum Gasteiger partial charge on any atom is -0.376 e. The van der Waals surface area contributed by atoms with Crippen molar-refractivity contribution in [1.82, 2.24) is 39.4 Å². The second kappa shape index (κ2) is 8.31. The average molecular weight is 476 g/mol. The van der Waals surface area contributed by atoms with Crippen LogP contribution in [0.4, 0.5) is 0 Å². The number of aromatic nitrogens is 6. The molecule has 180 valence electrons. The first-order chi connectivity index (χ1) is 17.0. The predicted molar refractivity (Wildman–Crippen MR) is 123 cm³/mol. The van der Waals surface area contributed by atoms with Gasteiger partial charge in [0, 0.05) is 44.1 Å². The number of carbonyl (C=O) groups is 2. The maximum Gasteiger partial charge on any atom is 0.347 e. The van der Waals surface area contributed by atoms with Crippen LogP contribution in [-0.2, 0) is 4.74 Å². The first kappa shape index (κ1) is 21.5. The van der Waals surface area contributed by atoms with Gasteiger partial charge in [-0.2, -0.15) is 10.2 Å². The number of nitrogens with one attached hydrogen (secondary N) is 2. The summed E-state index contributed by atoms with van der Waals surface area (Å²) in [6, 6.07) is 3.34. The highest BCUT2D eigenvalue weighted by Gasteiger charge is 2.42. The summed E-state index contributed by atoms with van der Waals surface area (Å²) in [5.41, 5.74) is 2.16. The lowest BCUT2D eigenvalue weighted by Gasteiger charge is -2.36. The van der Waals surface area contributed by atoms with Gasteiger partial charge < -0.3 is 15.0 Å². The van der Waals surface area contributed by atoms with Gasteiger partial charge >= 0.3 is 5.69 Å². The molecule has 35 heavy (non-hydrogen) atoms. The molecule has 2 amide bonds. The Balaban J connectivity index is 1.15. The van der Waals surface area contributed by atoms with Gasteiger partial charge in [0.2, 0.25) is 0 Å². The lowest BCUT2D eigenvalue weighted by molar-refractivity contribution is 0.0541. The number of hydrogen-bond donors (Lipinski definition) is 2. The van der Waals surface area contributed by atoms with Crippen LogP contribution < -0.4 is 11.0 Å². The van der Waals surface area contributed by atoms with E-state index in [2.05, 4.69) is 25.6 Å². The van der Waals surface area contributed by atoms with Gasteiger partial charge in [-0.05, 0) is 37.0 Å². The molecule has 3 atom stereocenters. The fourth-order valence-electron chi connectivity index (χ4n) is 5.11. The third kappa shape index (κ3) is 3.66. The van der Waals surface area contributed by atoms with Crippen molar-refractivity contribution in [2.24, 2.45) is 11.8 Å². The molecule has 2 aliphatic heterocycles. The van der Waals surface area contributed by atoms with Crippen molar-refractivity contribution in [2.75, 3.05) is 26.2 Å². The third-order valence-corrected chi connectivity index (χ3v) is 6.96. The van der Waals surface area contributed by atoms with E-state index >= 15 is 0 Å². The molecule has 12 heteroatoms. The number of nitrogens with zero attached hydrogens (tertiary/aromatic N) is 6. The van der Waals surface area contributed by atoms with Gasteiger partial charge in [0.25, 0.3) is 11.8 Å². The molecule has 6 heterocycles. The Labute approximate surface area is 198 Å². The molecule has 12 nitrogen and oxygen atoms in total. The lowest BCUT2D eigenvalue weighted by Crippen LogP contribution is -2.47. The number of pyridine rings is 1. The van der Waals surface area contributed by atoms with Crippen LogP contribution in [0, 0.1) is 18.8 Å². The molecule has 2 N–H and O–H groups in total. The number of amides is 2. The maximum atomic E-state index is 13.3. The number of piperidine rings is 1. The molecule has 2 saturated heterocycles. The third-order valence-electron chi connectivity index (χ3n) is 6.96. The van der Waals surface area contributed by atoms with E-state index in [0.717, 1.165) is 12.0 Å². The summed E-state index contributed by atoms with van der Waals surface area (Å²) in [5.74, 6) is -0.0107. The summed E-state index contributed by atoms with van der Waals surface area (Å²) in [7, 11) is 0. The summed E-state index contributed by atoms with van der Waals surface area (Å²) < 4.78 is 8.94. The summed E-state index contributed by atoms with van der Waals surface area (Å²) in [5, 5.41) is 13.6. The summed E-state index contributed by atoms with van der Waals surface area (Å²) in [4.78, 5) is 44.2. The number of rotatable bonds is 4. The van der Waals surface area contributed by atoms with Crippen LogP contribution >= 0.6 is 0 Å². The average Bonchev–Trinajstić information content (AvgIpc) is 3.58. The van der Waals surface area contributed by atoms with E-state index in [0.29, 0.717) is 54.6 Å². The van der Waals surface area contributed by atoms with Gasteiger partial charge in [-0.25, -0.2) is 23.8 Å². The number of hydrogen-bond acceptors (Lipinski definition) is 7. The summed E-state index contributed by atoms with van der Waals surface area (Å²) in [6.07, 6.45) is 7.21. The monoisotopic (exact) mass is 476 g/mol. The molecule has 0 spiro atoms. The van der Waals surface area contributed by atoms with Gasteiger partial charge in [-0.15, -0.1) is 0 Å². The summed E-state index contributed by atoms with van der Waals surface area (Å²) >= 11 is 0. The first-order valence-corrected chi connectivity index (χ1v) is 11.5. The Hall–Kier alpha value is -4.06. The van der Waals surface area contributed by atoms with E-state index in [-0.39, 0.29) is 29.5 Å². The molecule has 0 aliphatic carbocycles. The zero-order valence-electron chi connectivity index (χ0n) is 19.0. The highest BCUT2D eigenvalue weighted by molar-refractivity contribution is 6.00. The number of aryl methyl sites for hydroxylation is 1. The standard InChI is InChI=1S/C23H24N8O4/c1-13-7-24-19-16(8-26-31(19)10-13)21(32)25-9-18-17-11-29(6-4-14(17)12-35-18)22(33)15-3-2-5-30-20(15)27-28-23(30)34/h2-3,5,7-8,10,14,17-18H,4,6,9,11-12H2,1H3,(H,25,32)(H,28,34)/t14-,17+,18+/m0/s1. The first-order valence-electron chi connectivity index (χ1n) is 11.5. The van der Waals surface area contributed by atoms with Crippen molar-refractivity contribution in [3.05, 3.63) is 64.1 Å². The highest BCUT2D eigenvalue weighted by Crippen LogP contribution is 2.34. The lowest BCUT2D eigenvalue weighted by atomic mass is 9.84. The number of fused-ring (bicyclic) bond motifs is 3.